The quantitative estimate of drug-likeness (QED) is 0.899. The molecule has 1 aromatic carbocycles. The van der Waals surface area contributed by atoms with Crippen LogP contribution < -0.4 is 5.32 Å². The molecular formula is C17H21N3S. The highest BCUT2D eigenvalue weighted by molar-refractivity contribution is 8.15. The number of thioether (sulfide) groups is 1. The first-order valence-corrected chi connectivity index (χ1v) is 8.50. The fraction of sp³-hybridized carbons (Fsp3) is 0.412. The maximum atomic E-state index is 4.68. The molecule has 1 atom stereocenters. The number of amidine groups is 1. The molecular weight excluding hydrogens is 278 g/mol. The average molecular weight is 299 g/mol. The predicted octanol–water partition coefficient (Wildman–Crippen LogP) is 4.55. The minimum atomic E-state index is 0.621. The number of nitrogens with zero attached hydrogens (tertiary/aromatic N) is 2. The highest BCUT2D eigenvalue weighted by atomic mass is 32.2. The Bertz CT molecular complexity index is 644. The Labute approximate surface area is 130 Å². The molecule has 0 amide bonds. The lowest BCUT2D eigenvalue weighted by Gasteiger charge is -2.18. The maximum absolute atomic E-state index is 4.68. The number of benzene rings is 1. The Morgan fingerprint density at radius 1 is 1.29 bits per heavy atom. The van der Waals surface area contributed by atoms with Gasteiger partial charge in [-0.05, 0) is 23.4 Å². The third-order valence-corrected chi connectivity index (χ3v) is 5.47. The number of aliphatic imine (C=N–C) groups is 1. The third kappa shape index (κ3) is 3.05. The van der Waals surface area contributed by atoms with Gasteiger partial charge in [0.15, 0.2) is 5.17 Å². The Hall–Kier alpha value is -1.55. The summed E-state index contributed by atoms with van der Waals surface area (Å²) in [5.41, 5.74) is 1.09. The van der Waals surface area contributed by atoms with Gasteiger partial charge < -0.3 is 5.32 Å². The lowest BCUT2D eigenvalue weighted by Crippen LogP contribution is -2.17. The lowest BCUT2D eigenvalue weighted by molar-refractivity contribution is 0.479. The van der Waals surface area contributed by atoms with Crippen molar-refractivity contribution in [2.75, 3.05) is 11.9 Å². The molecule has 1 aromatic heterocycles. The van der Waals surface area contributed by atoms with E-state index in [-0.39, 0.29) is 0 Å². The zero-order valence-electron chi connectivity index (χ0n) is 12.5. The van der Waals surface area contributed by atoms with Crippen LogP contribution in [0.4, 0.5) is 5.69 Å². The summed E-state index contributed by atoms with van der Waals surface area (Å²) in [6.07, 6.45) is 6.21. The zero-order valence-corrected chi connectivity index (χ0v) is 13.4. The molecule has 1 aliphatic heterocycles. The van der Waals surface area contributed by atoms with Gasteiger partial charge in [0.1, 0.15) is 0 Å². The van der Waals surface area contributed by atoms with Crippen LogP contribution in [0, 0.1) is 5.92 Å². The average Bonchev–Trinajstić information content (AvgIpc) is 2.97. The summed E-state index contributed by atoms with van der Waals surface area (Å²) in [6, 6.07) is 8.32. The van der Waals surface area contributed by atoms with Gasteiger partial charge in [0, 0.05) is 28.7 Å². The van der Waals surface area contributed by atoms with E-state index in [0.29, 0.717) is 5.25 Å². The number of fused-ring (bicyclic) bond motifs is 1. The van der Waals surface area contributed by atoms with Gasteiger partial charge in [-0.1, -0.05) is 50.6 Å². The summed E-state index contributed by atoms with van der Waals surface area (Å²) in [5.74, 6) is 0.757. The van der Waals surface area contributed by atoms with E-state index < -0.39 is 0 Å². The second-order valence-corrected chi connectivity index (χ2v) is 6.63. The molecule has 0 aliphatic carbocycles. The van der Waals surface area contributed by atoms with Crippen molar-refractivity contribution in [2.45, 2.75) is 31.9 Å². The first-order valence-electron chi connectivity index (χ1n) is 7.62. The molecule has 2 heterocycles. The molecule has 0 fully saturated rings. The standard InChI is InChI=1S/C17H21N3S/c1-3-12(4-2)16-11-19-17(21-16)20-15-7-5-6-13-8-9-18-10-14(13)15/h5-10,12,16H,3-4,11H2,1-2H3,(H,19,20). The van der Waals surface area contributed by atoms with E-state index in [1.54, 1.807) is 0 Å². The topological polar surface area (TPSA) is 37.3 Å². The summed E-state index contributed by atoms with van der Waals surface area (Å²) in [6.45, 7) is 5.48. The van der Waals surface area contributed by atoms with Gasteiger partial charge >= 0.3 is 0 Å². The Morgan fingerprint density at radius 2 is 2.14 bits per heavy atom. The fourth-order valence-electron chi connectivity index (χ4n) is 2.86. The van der Waals surface area contributed by atoms with E-state index in [2.05, 4.69) is 47.3 Å². The SMILES string of the molecule is CCC(CC)C1CN=C(Nc2cccc3ccncc23)S1. The first-order chi connectivity index (χ1) is 10.3. The molecule has 2 aromatic rings. The molecule has 1 aliphatic rings. The molecule has 110 valence electrons. The van der Waals surface area contributed by atoms with E-state index in [4.69, 9.17) is 0 Å². The monoisotopic (exact) mass is 299 g/mol. The second kappa shape index (κ2) is 6.48. The number of pyridine rings is 1. The summed E-state index contributed by atoms with van der Waals surface area (Å²) in [7, 11) is 0. The Kier molecular flexibility index (Phi) is 4.44. The van der Waals surface area contributed by atoms with Crippen LogP contribution in [-0.2, 0) is 0 Å². The molecule has 0 saturated heterocycles. The summed E-state index contributed by atoms with van der Waals surface area (Å²) >= 11 is 1.89. The van der Waals surface area contributed by atoms with Gasteiger partial charge in [0.2, 0.25) is 0 Å². The number of hydrogen-bond acceptors (Lipinski definition) is 4. The van der Waals surface area contributed by atoms with Crippen molar-refractivity contribution >= 4 is 33.4 Å². The third-order valence-electron chi connectivity index (χ3n) is 4.18. The largest absolute Gasteiger partial charge is 0.334 e. The molecule has 4 heteroatoms. The minimum Gasteiger partial charge on any atom is -0.334 e. The number of rotatable bonds is 4. The molecule has 1 N–H and O–H groups in total. The number of nitrogens with one attached hydrogen (secondary N) is 1. The highest BCUT2D eigenvalue weighted by Crippen LogP contribution is 2.32. The van der Waals surface area contributed by atoms with Crippen molar-refractivity contribution in [2.24, 2.45) is 10.9 Å². The fourth-order valence-corrected chi connectivity index (χ4v) is 4.19. The van der Waals surface area contributed by atoms with Crippen molar-refractivity contribution in [3.8, 4) is 0 Å². The zero-order chi connectivity index (χ0) is 14.7. The van der Waals surface area contributed by atoms with Crippen molar-refractivity contribution < 1.29 is 0 Å². The van der Waals surface area contributed by atoms with Crippen LogP contribution in [0.15, 0.2) is 41.7 Å². The van der Waals surface area contributed by atoms with Crippen LogP contribution in [0.2, 0.25) is 0 Å². The lowest BCUT2D eigenvalue weighted by atomic mass is 9.99. The molecule has 0 spiro atoms. The summed E-state index contributed by atoms with van der Waals surface area (Å²) in [5, 5.41) is 7.51. The van der Waals surface area contributed by atoms with E-state index in [9.17, 15) is 0 Å². The van der Waals surface area contributed by atoms with Crippen molar-refractivity contribution in [3.05, 3.63) is 36.7 Å². The van der Waals surface area contributed by atoms with Crippen LogP contribution in [-0.4, -0.2) is 21.9 Å². The normalized spacial score (nSPS) is 18.2. The van der Waals surface area contributed by atoms with Crippen LogP contribution in [0.5, 0.6) is 0 Å². The highest BCUT2D eigenvalue weighted by Gasteiger charge is 2.26. The molecule has 0 bridgehead atoms. The summed E-state index contributed by atoms with van der Waals surface area (Å²) in [4.78, 5) is 8.92. The minimum absolute atomic E-state index is 0.621. The molecule has 3 rings (SSSR count). The molecule has 21 heavy (non-hydrogen) atoms. The van der Waals surface area contributed by atoms with Gasteiger partial charge in [-0.3, -0.25) is 9.98 Å². The molecule has 0 radical (unpaired) electrons. The molecule has 1 unspecified atom stereocenters. The molecule has 3 nitrogen and oxygen atoms in total. The number of aromatic nitrogens is 1. The Balaban J connectivity index is 1.75. The van der Waals surface area contributed by atoms with Gasteiger partial charge in [-0.2, -0.15) is 0 Å². The smallest absolute Gasteiger partial charge is 0.161 e. The van der Waals surface area contributed by atoms with E-state index in [1.165, 1.54) is 18.2 Å². The van der Waals surface area contributed by atoms with Crippen LogP contribution in [0.3, 0.4) is 0 Å². The second-order valence-electron chi connectivity index (χ2n) is 5.41. The van der Waals surface area contributed by atoms with Crippen molar-refractivity contribution in [3.63, 3.8) is 0 Å². The maximum Gasteiger partial charge on any atom is 0.161 e. The molecule has 0 saturated carbocycles. The van der Waals surface area contributed by atoms with E-state index in [1.807, 2.05) is 30.2 Å². The van der Waals surface area contributed by atoms with E-state index >= 15 is 0 Å². The number of anilines is 1. The first kappa shape index (κ1) is 14.4. The predicted molar refractivity (Wildman–Crippen MR) is 93.1 cm³/mol. The van der Waals surface area contributed by atoms with Gasteiger partial charge in [-0.15, -0.1) is 0 Å². The van der Waals surface area contributed by atoms with Gasteiger partial charge in [0.25, 0.3) is 0 Å². The number of hydrogen-bond donors (Lipinski definition) is 1. The van der Waals surface area contributed by atoms with Gasteiger partial charge in [-0.25, -0.2) is 0 Å². The van der Waals surface area contributed by atoms with Crippen molar-refractivity contribution in [1.29, 1.82) is 0 Å². The van der Waals surface area contributed by atoms with Crippen LogP contribution in [0.25, 0.3) is 10.8 Å². The van der Waals surface area contributed by atoms with Crippen LogP contribution in [0.1, 0.15) is 26.7 Å². The van der Waals surface area contributed by atoms with Gasteiger partial charge in [0.05, 0.1) is 6.54 Å². The summed E-state index contributed by atoms with van der Waals surface area (Å²) < 4.78 is 0. The Morgan fingerprint density at radius 3 is 2.95 bits per heavy atom. The van der Waals surface area contributed by atoms with Crippen LogP contribution >= 0.6 is 11.8 Å². The van der Waals surface area contributed by atoms with E-state index in [0.717, 1.165) is 28.7 Å². The van der Waals surface area contributed by atoms with Crippen molar-refractivity contribution in [1.82, 2.24) is 4.98 Å².